The van der Waals surface area contributed by atoms with Crippen LogP contribution in [0.3, 0.4) is 0 Å². The first-order chi connectivity index (χ1) is 12.2. The van der Waals surface area contributed by atoms with Gasteiger partial charge in [0.1, 0.15) is 0 Å². The summed E-state index contributed by atoms with van der Waals surface area (Å²) in [4.78, 5) is 9.43. The van der Waals surface area contributed by atoms with Gasteiger partial charge in [0.2, 0.25) is 0 Å². The maximum absolute atomic E-state index is 9.41. The number of hydrogen-bond acceptors (Lipinski definition) is 4. The monoisotopic (exact) mass is 326 g/mol. The molecule has 0 amide bonds. The van der Waals surface area contributed by atoms with Crippen LogP contribution in [0, 0.1) is 0 Å². The lowest BCUT2D eigenvalue weighted by Gasteiger charge is -2.10. The van der Waals surface area contributed by atoms with Crippen molar-refractivity contribution in [2.75, 3.05) is 0 Å². The topological polar surface area (TPSA) is 66.2 Å². The zero-order valence-electron chi connectivity index (χ0n) is 13.4. The fourth-order valence-electron chi connectivity index (χ4n) is 2.86. The van der Waals surface area contributed by atoms with E-state index in [9.17, 15) is 10.0 Å². The lowest BCUT2D eigenvalue weighted by Crippen LogP contribution is -2.29. The van der Waals surface area contributed by atoms with E-state index in [2.05, 4.69) is 4.98 Å². The highest BCUT2D eigenvalue weighted by Crippen LogP contribution is 2.28. The first-order valence-corrected chi connectivity index (χ1v) is 8.01. The van der Waals surface area contributed by atoms with Gasteiger partial charge in [-0.05, 0) is 11.5 Å². The van der Waals surface area contributed by atoms with E-state index in [0.29, 0.717) is 11.3 Å². The summed E-state index contributed by atoms with van der Waals surface area (Å²) in [7, 11) is -1.52. The maximum atomic E-state index is 9.41. The second-order valence-electron chi connectivity index (χ2n) is 5.78. The van der Waals surface area contributed by atoms with Gasteiger partial charge < -0.3 is 10.0 Å². The summed E-state index contributed by atoms with van der Waals surface area (Å²) in [6, 6.07) is 24.9. The fourth-order valence-corrected chi connectivity index (χ4v) is 2.86. The number of nitrogens with zero attached hydrogens (tertiary/aromatic N) is 2. The Labute approximate surface area is 145 Å². The van der Waals surface area contributed by atoms with Gasteiger partial charge in [0.05, 0.1) is 11.2 Å². The quantitative estimate of drug-likeness (QED) is 0.568. The number of benzene rings is 3. The zero-order valence-corrected chi connectivity index (χ0v) is 13.4. The Bertz CT molecular complexity index is 1040. The van der Waals surface area contributed by atoms with Gasteiger partial charge in [-0.15, -0.1) is 0 Å². The van der Waals surface area contributed by atoms with Gasteiger partial charge in [-0.3, -0.25) is 0 Å². The predicted octanol–water partition coefficient (Wildman–Crippen LogP) is 2.64. The Balaban J connectivity index is 1.96. The molecule has 0 bridgehead atoms. The highest BCUT2D eigenvalue weighted by molar-refractivity contribution is 6.58. The molecule has 0 aliphatic rings. The molecule has 25 heavy (non-hydrogen) atoms. The molecule has 120 valence electrons. The molecule has 0 aliphatic carbocycles. The highest BCUT2D eigenvalue weighted by Gasteiger charge is 2.14. The summed E-state index contributed by atoms with van der Waals surface area (Å²) in [6.45, 7) is 0. The normalized spacial score (nSPS) is 10.8. The second-order valence-corrected chi connectivity index (χ2v) is 5.78. The van der Waals surface area contributed by atoms with Crippen molar-refractivity contribution in [3.63, 3.8) is 0 Å². The van der Waals surface area contributed by atoms with Crippen molar-refractivity contribution in [3.8, 4) is 22.6 Å². The number of hydrogen-bond donors (Lipinski definition) is 2. The Morgan fingerprint density at radius 2 is 1.40 bits per heavy atom. The lowest BCUT2D eigenvalue weighted by atomic mass is 9.79. The summed E-state index contributed by atoms with van der Waals surface area (Å²) in [5.74, 6) is 0.556. The third kappa shape index (κ3) is 3.03. The Kier molecular flexibility index (Phi) is 4.02. The van der Waals surface area contributed by atoms with Gasteiger partial charge in [0.15, 0.2) is 5.82 Å². The molecule has 0 fully saturated rings. The van der Waals surface area contributed by atoms with Crippen molar-refractivity contribution in [1.29, 1.82) is 0 Å². The summed E-state index contributed by atoms with van der Waals surface area (Å²) in [6.07, 6.45) is 0. The van der Waals surface area contributed by atoms with Crippen LogP contribution in [0.4, 0.5) is 0 Å². The van der Waals surface area contributed by atoms with E-state index in [4.69, 9.17) is 4.98 Å². The van der Waals surface area contributed by atoms with Crippen LogP contribution < -0.4 is 5.46 Å². The number of rotatable bonds is 3. The average Bonchev–Trinajstić information content (AvgIpc) is 2.68. The first kappa shape index (κ1) is 15.5. The standard InChI is InChI=1S/C20H15BN2O2/c24-21(25)16-10-6-9-15(13-16)20-22-18-12-5-4-11-17(18)19(23-20)14-7-2-1-3-8-14/h1-13,24-25H. The number of fused-ring (bicyclic) bond motifs is 1. The van der Waals surface area contributed by atoms with Crippen LogP contribution in [-0.2, 0) is 0 Å². The minimum absolute atomic E-state index is 0.413. The molecular formula is C20H15BN2O2. The van der Waals surface area contributed by atoms with E-state index < -0.39 is 7.12 Å². The fraction of sp³-hybridized carbons (Fsp3) is 0. The van der Waals surface area contributed by atoms with Crippen molar-refractivity contribution in [3.05, 3.63) is 78.9 Å². The third-order valence-electron chi connectivity index (χ3n) is 4.09. The molecule has 4 rings (SSSR count). The molecule has 0 radical (unpaired) electrons. The molecule has 0 atom stereocenters. The van der Waals surface area contributed by atoms with Crippen LogP contribution in [0.25, 0.3) is 33.5 Å². The predicted molar refractivity (Wildman–Crippen MR) is 100 cm³/mol. The molecule has 0 spiro atoms. The van der Waals surface area contributed by atoms with E-state index in [-0.39, 0.29) is 0 Å². The summed E-state index contributed by atoms with van der Waals surface area (Å²) in [5.41, 5.74) is 3.88. The molecule has 0 saturated carbocycles. The van der Waals surface area contributed by atoms with Gasteiger partial charge in [-0.2, -0.15) is 0 Å². The summed E-state index contributed by atoms with van der Waals surface area (Å²) < 4.78 is 0. The van der Waals surface area contributed by atoms with Gasteiger partial charge >= 0.3 is 7.12 Å². The van der Waals surface area contributed by atoms with Crippen molar-refractivity contribution >= 4 is 23.5 Å². The van der Waals surface area contributed by atoms with Crippen molar-refractivity contribution in [2.45, 2.75) is 0 Å². The Morgan fingerprint density at radius 3 is 2.20 bits per heavy atom. The van der Waals surface area contributed by atoms with Crippen LogP contribution >= 0.6 is 0 Å². The van der Waals surface area contributed by atoms with Crippen LogP contribution in [0.15, 0.2) is 78.9 Å². The van der Waals surface area contributed by atoms with E-state index in [1.807, 2.05) is 60.7 Å². The van der Waals surface area contributed by atoms with E-state index >= 15 is 0 Å². The molecule has 4 nitrogen and oxygen atoms in total. The summed E-state index contributed by atoms with van der Waals surface area (Å²) >= 11 is 0. The molecule has 1 heterocycles. The molecule has 0 saturated heterocycles. The van der Waals surface area contributed by atoms with E-state index in [1.54, 1.807) is 18.2 Å². The van der Waals surface area contributed by atoms with E-state index in [1.165, 1.54) is 0 Å². The Morgan fingerprint density at radius 1 is 0.680 bits per heavy atom. The third-order valence-corrected chi connectivity index (χ3v) is 4.09. The smallest absolute Gasteiger partial charge is 0.423 e. The van der Waals surface area contributed by atoms with Gasteiger partial charge in [0.25, 0.3) is 0 Å². The molecule has 3 aromatic carbocycles. The molecule has 0 unspecified atom stereocenters. The highest BCUT2D eigenvalue weighted by atomic mass is 16.4. The molecule has 1 aromatic heterocycles. The largest absolute Gasteiger partial charge is 0.488 e. The van der Waals surface area contributed by atoms with Crippen molar-refractivity contribution in [2.24, 2.45) is 0 Å². The van der Waals surface area contributed by atoms with E-state index in [0.717, 1.165) is 27.7 Å². The maximum Gasteiger partial charge on any atom is 0.488 e. The minimum Gasteiger partial charge on any atom is -0.423 e. The van der Waals surface area contributed by atoms with Crippen LogP contribution in [-0.4, -0.2) is 27.1 Å². The van der Waals surface area contributed by atoms with Gasteiger partial charge in [0, 0.05) is 16.5 Å². The van der Waals surface area contributed by atoms with Gasteiger partial charge in [-0.25, -0.2) is 9.97 Å². The zero-order chi connectivity index (χ0) is 17.2. The molecular weight excluding hydrogens is 311 g/mol. The van der Waals surface area contributed by atoms with Gasteiger partial charge in [-0.1, -0.05) is 72.8 Å². The number of aromatic nitrogens is 2. The first-order valence-electron chi connectivity index (χ1n) is 8.01. The Hall–Kier alpha value is -3.02. The SMILES string of the molecule is OB(O)c1cccc(-c2nc(-c3ccccc3)c3ccccc3n2)c1. The van der Waals surface area contributed by atoms with Crippen LogP contribution in [0.1, 0.15) is 0 Å². The lowest BCUT2D eigenvalue weighted by molar-refractivity contribution is 0.426. The van der Waals surface area contributed by atoms with Crippen LogP contribution in [0.5, 0.6) is 0 Å². The average molecular weight is 326 g/mol. The minimum atomic E-state index is -1.52. The molecule has 5 heteroatoms. The molecule has 0 aliphatic heterocycles. The number of para-hydroxylation sites is 1. The molecule has 2 N–H and O–H groups in total. The van der Waals surface area contributed by atoms with Crippen molar-refractivity contribution < 1.29 is 10.0 Å². The second kappa shape index (κ2) is 6.47. The van der Waals surface area contributed by atoms with Crippen LogP contribution in [0.2, 0.25) is 0 Å². The summed E-state index contributed by atoms with van der Waals surface area (Å²) in [5, 5.41) is 19.8. The van der Waals surface area contributed by atoms with Crippen molar-refractivity contribution in [1.82, 2.24) is 9.97 Å². The molecule has 4 aromatic rings.